The molecule has 1 aromatic rings. The van der Waals surface area contributed by atoms with Crippen LogP contribution in [-0.4, -0.2) is 0 Å². The Morgan fingerprint density at radius 1 is 0.686 bits per heavy atom. The predicted octanol–water partition coefficient (Wildman–Crippen LogP) is 11.7. The molecule has 1 aliphatic rings. The van der Waals surface area contributed by atoms with Crippen LogP contribution in [0.3, 0.4) is 0 Å². The van der Waals surface area contributed by atoms with Gasteiger partial charge in [-0.2, -0.15) is 0 Å². The average Bonchev–Trinajstić information content (AvgIpc) is 3.15. The van der Waals surface area contributed by atoms with Crippen molar-refractivity contribution in [1.82, 2.24) is 0 Å². The molecule has 1 saturated carbocycles. The second-order valence-corrected chi connectivity index (χ2v) is 16.1. The summed E-state index contributed by atoms with van der Waals surface area (Å²) in [4.78, 5) is 0. The van der Waals surface area contributed by atoms with Gasteiger partial charge in [0.05, 0.1) is 6.26 Å². The van der Waals surface area contributed by atoms with Gasteiger partial charge in [-0.15, -0.1) is 0 Å². The summed E-state index contributed by atoms with van der Waals surface area (Å²) in [6.07, 6.45) is 17.3. The third-order valence-electron chi connectivity index (χ3n) is 9.00. The SMILES string of the molecule is CC(C)(C)C(C1CCCCCC(CC(C)(C)C(c2ccco2)C(C)(C)C)CCCCC1)C(C)(C)C. The van der Waals surface area contributed by atoms with Crippen molar-refractivity contribution in [2.75, 3.05) is 0 Å². The van der Waals surface area contributed by atoms with E-state index in [2.05, 4.69) is 88.3 Å². The van der Waals surface area contributed by atoms with E-state index < -0.39 is 0 Å². The first-order valence-corrected chi connectivity index (χ1v) is 15.1. The summed E-state index contributed by atoms with van der Waals surface area (Å²) in [7, 11) is 0. The first kappa shape index (κ1) is 30.5. The molecule has 1 heterocycles. The van der Waals surface area contributed by atoms with Crippen LogP contribution < -0.4 is 0 Å². The molecular weight excluding hydrogens is 424 g/mol. The van der Waals surface area contributed by atoms with E-state index in [9.17, 15) is 0 Å². The van der Waals surface area contributed by atoms with Gasteiger partial charge in [-0.1, -0.05) is 140 Å². The second-order valence-electron chi connectivity index (χ2n) is 16.1. The summed E-state index contributed by atoms with van der Waals surface area (Å²) >= 11 is 0. The Kier molecular flexibility index (Phi) is 10.6. The van der Waals surface area contributed by atoms with Gasteiger partial charge < -0.3 is 4.42 Å². The molecule has 1 unspecified atom stereocenters. The molecule has 0 aliphatic heterocycles. The highest BCUT2D eigenvalue weighted by Gasteiger charge is 2.42. The van der Waals surface area contributed by atoms with Crippen LogP contribution in [0.25, 0.3) is 0 Å². The lowest BCUT2D eigenvalue weighted by molar-refractivity contribution is 0.0313. The molecule has 0 aromatic carbocycles. The van der Waals surface area contributed by atoms with E-state index in [4.69, 9.17) is 4.42 Å². The van der Waals surface area contributed by atoms with Gasteiger partial charge >= 0.3 is 0 Å². The molecule has 204 valence electrons. The minimum atomic E-state index is 0.193. The molecule has 0 saturated heterocycles. The Hall–Kier alpha value is -0.720. The van der Waals surface area contributed by atoms with E-state index in [1.807, 2.05) is 6.26 Å². The molecule has 1 heteroatoms. The average molecular weight is 487 g/mol. The lowest BCUT2D eigenvalue weighted by atomic mass is 9.59. The Balaban J connectivity index is 2.06. The second kappa shape index (κ2) is 12.2. The Morgan fingerprint density at radius 3 is 1.57 bits per heavy atom. The van der Waals surface area contributed by atoms with Crippen LogP contribution >= 0.6 is 0 Å². The van der Waals surface area contributed by atoms with E-state index in [-0.39, 0.29) is 10.8 Å². The van der Waals surface area contributed by atoms with E-state index in [0.29, 0.717) is 16.7 Å². The molecule has 1 nitrogen and oxygen atoms in total. The zero-order valence-corrected chi connectivity index (χ0v) is 25.7. The van der Waals surface area contributed by atoms with Crippen LogP contribution in [0, 0.1) is 39.4 Å². The molecule has 1 atom stereocenters. The lowest BCUT2D eigenvalue weighted by Crippen LogP contribution is -2.38. The van der Waals surface area contributed by atoms with E-state index in [1.165, 1.54) is 76.4 Å². The molecule has 1 aliphatic carbocycles. The minimum absolute atomic E-state index is 0.193. The molecular formula is C34H62O. The summed E-state index contributed by atoms with van der Waals surface area (Å²) in [6, 6.07) is 4.27. The quantitative estimate of drug-likeness (QED) is 0.403. The van der Waals surface area contributed by atoms with E-state index >= 15 is 0 Å². The van der Waals surface area contributed by atoms with Gasteiger partial charge in [0.25, 0.3) is 0 Å². The number of hydrogen-bond acceptors (Lipinski definition) is 1. The van der Waals surface area contributed by atoms with Crippen molar-refractivity contribution in [3.8, 4) is 0 Å². The van der Waals surface area contributed by atoms with Gasteiger partial charge in [0, 0.05) is 5.92 Å². The molecule has 0 radical (unpaired) electrons. The number of rotatable bonds is 5. The van der Waals surface area contributed by atoms with E-state index in [1.54, 1.807) is 0 Å². The molecule has 0 amide bonds. The van der Waals surface area contributed by atoms with Crippen LogP contribution in [0.15, 0.2) is 22.8 Å². The summed E-state index contributed by atoms with van der Waals surface area (Å²) < 4.78 is 5.99. The topological polar surface area (TPSA) is 13.1 Å². The van der Waals surface area contributed by atoms with Crippen molar-refractivity contribution in [3.63, 3.8) is 0 Å². The molecule has 1 aromatic heterocycles. The third-order valence-corrected chi connectivity index (χ3v) is 9.00. The fourth-order valence-electron chi connectivity index (χ4n) is 8.87. The molecule has 35 heavy (non-hydrogen) atoms. The van der Waals surface area contributed by atoms with Gasteiger partial charge in [-0.25, -0.2) is 0 Å². The number of hydrogen-bond donors (Lipinski definition) is 0. The van der Waals surface area contributed by atoms with Crippen molar-refractivity contribution >= 4 is 0 Å². The molecule has 0 bridgehead atoms. The number of furan rings is 1. The normalized spacial score (nSPS) is 23.5. The molecule has 2 rings (SSSR count). The van der Waals surface area contributed by atoms with Crippen molar-refractivity contribution < 1.29 is 4.42 Å². The van der Waals surface area contributed by atoms with Gasteiger partial charge in [0.15, 0.2) is 0 Å². The highest BCUT2D eigenvalue weighted by atomic mass is 16.3. The zero-order valence-electron chi connectivity index (χ0n) is 25.7. The van der Waals surface area contributed by atoms with Crippen LogP contribution in [0.5, 0.6) is 0 Å². The molecule has 0 spiro atoms. The van der Waals surface area contributed by atoms with Crippen molar-refractivity contribution in [1.29, 1.82) is 0 Å². The van der Waals surface area contributed by atoms with Crippen LogP contribution in [-0.2, 0) is 0 Å². The summed E-state index contributed by atoms with van der Waals surface area (Å²) in [5.74, 6) is 4.14. The first-order chi connectivity index (χ1) is 16.0. The maximum atomic E-state index is 5.99. The fraction of sp³-hybridized carbons (Fsp3) is 0.882. The van der Waals surface area contributed by atoms with Gasteiger partial charge in [-0.05, 0) is 58.0 Å². The summed E-state index contributed by atoms with van der Waals surface area (Å²) in [5.41, 5.74) is 1.19. The molecule has 1 fully saturated rings. The van der Waals surface area contributed by atoms with E-state index in [0.717, 1.165) is 17.8 Å². The monoisotopic (exact) mass is 486 g/mol. The first-order valence-electron chi connectivity index (χ1n) is 15.1. The van der Waals surface area contributed by atoms with Crippen molar-refractivity contribution in [2.45, 2.75) is 153 Å². The van der Waals surface area contributed by atoms with Gasteiger partial charge in [-0.3, -0.25) is 0 Å². The largest absolute Gasteiger partial charge is 0.469 e. The minimum Gasteiger partial charge on any atom is -0.469 e. The van der Waals surface area contributed by atoms with Gasteiger partial charge in [0.1, 0.15) is 5.76 Å². The fourth-order valence-corrected chi connectivity index (χ4v) is 8.87. The Morgan fingerprint density at radius 2 is 1.17 bits per heavy atom. The maximum absolute atomic E-state index is 5.99. The smallest absolute Gasteiger partial charge is 0.107 e. The van der Waals surface area contributed by atoms with Crippen LogP contribution in [0.4, 0.5) is 0 Å². The lowest BCUT2D eigenvalue weighted by Gasteiger charge is -2.46. The van der Waals surface area contributed by atoms with Crippen LogP contribution in [0.1, 0.15) is 158 Å². The summed E-state index contributed by atoms with van der Waals surface area (Å²) in [5, 5.41) is 0. The summed E-state index contributed by atoms with van der Waals surface area (Å²) in [6.45, 7) is 27.1. The standard InChI is InChI=1S/C34H62O/c1-31(2,3)29(32(4,5)6)27-21-16-12-14-19-26(20-15-13-17-22-27)25-34(10,11)30(33(7,8)9)28-23-18-24-35-28/h18,23-24,26-27,29-30H,12-17,19-22,25H2,1-11H3. The van der Waals surface area contributed by atoms with Gasteiger partial charge in [0.2, 0.25) is 0 Å². The highest BCUT2D eigenvalue weighted by Crippen LogP contribution is 2.52. The van der Waals surface area contributed by atoms with Crippen LogP contribution in [0.2, 0.25) is 0 Å². The molecule has 0 N–H and O–H groups in total. The highest BCUT2D eigenvalue weighted by molar-refractivity contribution is 5.13. The van der Waals surface area contributed by atoms with Crippen molar-refractivity contribution in [3.05, 3.63) is 24.2 Å². The Bertz CT molecular complexity index is 675. The maximum Gasteiger partial charge on any atom is 0.107 e. The zero-order chi connectivity index (χ0) is 26.5. The third kappa shape index (κ3) is 9.27. The van der Waals surface area contributed by atoms with Crippen molar-refractivity contribution in [2.24, 2.45) is 39.4 Å². The Labute approximate surface area is 220 Å². The predicted molar refractivity (Wildman–Crippen MR) is 155 cm³/mol.